The molecule has 100 valence electrons. The molecular weight excluding hydrogens is 216 g/mol. The summed E-state index contributed by atoms with van der Waals surface area (Å²) in [5.74, 6) is 0. The Kier molecular flexibility index (Phi) is 5.71. The van der Waals surface area contributed by atoms with Gasteiger partial charge in [0.25, 0.3) is 0 Å². The number of nitrogens with zero attached hydrogens (tertiary/aromatic N) is 2. The monoisotopic (exact) mass is 242 g/mol. The van der Waals surface area contributed by atoms with Crippen LogP contribution in [0.3, 0.4) is 0 Å². The molecule has 2 aliphatic heterocycles. The van der Waals surface area contributed by atoms with Gasteiger partial charge in [0.05, 0.1) is 13.2 Å². The molecule has 0 amide bonds. The van der Waals surface area contributed by atoms with Crippen LogP contribution in [0.5, 0.6) is 0 Å². The minimum absolute atomic E-state index is 0.344. The number of likely N-dealkylation sites (tertiary alicyclic amines) is 1. The number of hydrogen-bond acceptors (Lipinski definition) is 4. The van der Waals surface area contributed by atoms with Crippen LogP contribution in [0.1, 0.15) is 25.7 Å². The highest BCUT2D eigenvalue weighted by Gasteiger charge is 2.27. The Hall–Kier alpha value is -0.160. The van der Waals surface area contributed by atoms with Gasteiger partial charge in [0.1, 0.15) is 0 Å². The topological polar surface area (TPSA) is 35.9 Å². The van der Waals surface area contributed by atoms with Crippen LogP contribution in [0.2, 0.25) is 0 Å². The van der Waals surface area contributed by atoms with Gasteiger partial charge in [-0.15, -0.1) is 0 Å². The molecule has 2 fully saturated rings. The van der Waals surface area contributed by atoms with Crippen LogP contribution >= 0.6 is 0 Å². The van der Waals surface area contributed by atoms with Gasteiger partial charge in [-0.25, -0.2) is 0 Å². The second kappa shape index (κ2) is 7.31. The number of ether oxygens (including phenoxy) is 1. The third-order valence-corrected chi connectivity index (χ3v) is 3.94. The van der Waals surface area contributed by atoms with Crippen molar-refractivity contribution in [2.45, 2.75) is 31.7 Å². The Morgan fingerprint density at radius 1 is 1.06 bits per heavy atom. The number of unbranched alkanes of at least 4 members (excludes halogenated alkanes) is 2. The smallest absolute Gasteiger partial charge is 0.0594 e. The zero-order valence-corrected chi connectivity index (χ0v) is 10.8. The summed E-state index contributed by atoms with van der Waals surface area (Å²) in [6, 6.07) is 0.761. The number of rotatable bonds is 6. The molecule has 1 atom stereocenters. The molecule has 1 unspecified atom stereocenters. The number of aliphatic hydroxyl groups excluding tert-OH is 1. The Bertz CT molecular complexity index is 208. The third kappa shape index (κ3) is 4.21. The summed E-state index contributed by atoms with van der Waals surface area (Å²) in [5.41, 5.74) is 0. The molecule has 4 nitrogen and oxygen atoms in total. The second-order valence-electron chi connectivity index (χ2n) is 5.18. The van der Waals surface area contributed by atoms with Gasteiger partial charge in [0.2, 0.25) is 0 Å². The van der Waals surface area contributed by atoms with Gasteiger partial charge < -0.3 is 14.7 Å². The molecule has 17 heavy (non-hydrogen) atoms. The van der Waals surface area contributed by atoms with Gasteiger partial charge in [-0.05, 0) is 38.8 Å². The van der Waals surface area contributed by atoms with Gasteiger partial charge in [-0.2, -0.15) is 0 Å². The van der Waals surface area contributed by atoms with Crippen LogP contribution in [-0.4, -0.2) is 73.5 Å². The van der Waals surface area contributed by atoms with Crippen LogP contribution in [0.4, 0.5) is 0 Å². The molecule has 2 saturated heterocycles. The first-order valence-electron chi connectivity index (χ1n) is 7.05. The SMILES string of the molecule is OCCCCCN1CCC(N2CCOCC2)C1. The summed E-state index contributed by atoms with van der Waals surface area (Å²) in [7, 11) is 0. The van der Waals surface area contributed by atoms with Crippen LogP contribution < -0.4 is 0 Å². The molecule has 0 aromatic heterocycles. The highest BCUT2D eigenvalue weighted by Crippen LogP contribution is 2.17. The molecule has 4 heteroatoms. The maximum Gasteiger partial charge on any atom is 0.0594 e. The summed E-state index contributed by atoms with van der Waals surface area (Å²) in [6.07, 6.45) is 4.67. The lowest BCUT2D eigenvalue weighted by atomic mass is 10.2. The van der Waals surface area contributed by atoms with Crippen molar-refractivity contribution in [2.75, 3.05) is 52.5 Å². The average molecular weight is 242 g/mol. The lowest BCUT2D eigenvalue weighted by Gasteiger charge is -2.32. The molecule has 0 aromatic carbocycles. The first-order valence-corrected chi connectivity index (χ1v) is 7.05. The summed E-state index contributed by atoms with van der Waals surface area (Å²) in [6.45, 7) is 8.09. The van der Waals surface area contributed by atoms with Gasteiger partial charge >= 0.3 is 0 Å². The molecule has 0 saturated carbocycles. The summed E-state index contributed by atoms with van der Waals surface area (Å²) < 4.78 is 5.40. The van der Waals surface area contributed by atoms with Crippen molar-refractivity contribution in [3.8, 4) is 0 Å². The molecule has 2 rings (SSSR count). The normalized spacial score (nSPS) is 27.7. The maximum atomic E-state index is 8.74. The van der Waals surface area contributed by atoms with Crippen molar-refractivity contribution < 1.29 is 9.84 Å². The third-order valence-electron chi connectivity index (χ3n) is 3.94. The van der Waals surface area contributed by atoms with E-state index in [1.54, 1.807) is 0 Å². The van der Waals surface area contributed by atoms with Crippen molar-refractivity contribution in [1.82, 2.24) is 9.80 Å². The zero-order chi connectivity index (χ0) is 11.9. The molecular formula is C13H26N2O2. The lowest BCUT2D eigenvalue weighted by molar-refractivity contribution is 0.0185. The molecule has 0 bridgehead atoms. The van der Waals surface area contributed by atoms with Gasteiger partial charge in [0, 0.05) is 32.3 Å². The highest BCUT2D eigenvalue weighted by molar-refractivity contribution is 4.84. The number of aliphatic hydroxyl groups is 1. The summed E-state index contributed by atoms with van der Waals surface area (Å²) >= 11 is 0. The molecule has 0 aromatic rings. The van der Waals surface area contributed by atoms with Crippen molar-refractivity contribution in [3.05, 3.63) is 0 Å². The first kappa shape index (κ1) is 13.3. The Balaban J connectivity index is 1.61. The Labute approximate surface area is 105 Å². The van der Waals surface area contributed by atoms with E-state index >= 15 is 0 Å². The lowest BCUT2D eigenvalue weighted by Crippen LogP contribution is -2.44. The zero-order valence-electron chi connectivity index (χ0n) is 10.8. The maximum absolute atomic E-state index is 8.74. The van der Waals surface area contributed by atoms with Crippen LogP contribution in [0.25, 0.3) is 0 Å². The number of morpholine rings is 1. The van der Waals surface area contributed by atoms with E-state index in [9.17, 15) is 0 Å². The Morgan fingerprint density at radius 3 is 2.65 bits per heavy atom. The predicted octanol–water partition coefficient (Wildman–Crippen LogP) is 0.556. The van der Waals surface area contributed by atoms with E-state index in [2.05, 4.69) is 9.80 Å². The van der Waals surface area contributed by atoms with E-state index in [-0.39, 0.29) is 0 Å². The molecule has 0 spiro atoms. The highest BCUT2D eigenvalue weighted by atomic mass is 16.5. The second-order valence-corrected chi connectivity index (χ2v) is 5.18. The molecule has 2 aliphatic rings. The molecule has 0 radical (unpaired) electrons. The van der Waals surface area contributed by atoms with Gasteiger partial charge in [-0.1, -0.05) is 0 Å². The molecule has 1 N–H and O–H groups in total. The fraction of sp³-hybridized carbons (Fsp3) is 1.00. The van der Waals surface area contributed by atoms with Crippen LogP contribution in [0, 0.1) is 0 Å². The number of hydrogen-bond donors (Lipinski definition) is 1. The Morgan fingerprint density at radius 2 is 1.88 bits per heavy atom. The van der Waals surface area contributed by atoms with E-state index in [0.29, 0.717) is 6.61 Å². The summed E-state index contributed by atoms with van der Waals surface area (Å²) in [4.78, 5) is 5.18. The average Bonchev–Trinajstić information content (AvgIpc) is 2.85. The fourth-order valence-electron chi connectivity index (χ4n) is 2.88. The predicted molar refractivity (Wildman–Crippen MR) is 68.2 cm³/mol. The first-order chi connectivity index (χ1) is 8.40. The van der Waals surface area contributed by atoms with Crippen molar-refractivity contribution in [1.29, 1.82) is 0 Å². The van der Waals surface area contributed by atoms with E-state index < -0.39 is 0 Å². The minimum Gasteiger partial charge on any atom is -0.396 e. The molecule has 0 aliphatic carbocycles. The van der Waals surface area contributed by atoms with Crippen LogP contribution in [0.15, 0.2) is 0 Å². The fourth-order valence-corrected chi connectivity index (χ4v) is 2.88. The quantitative estimate of drug-likeness (QED) is 0.690. The molecule has 2 heterocycles. The van der Waals surface area contributed by atoms with E-state index in [1.165, 1.54) is 32.5 Å². The summed E-state index contributed by atoms with van der Waals surface area (Å²) in [5, 5.41) is 8.74. The van der Waals surface area contributed by atoms with E-state index in [1.807, 2.05) is 0 Å². The van der Waals surface area contributed by atoms with Crippen molar-refractivity contribution in [3.63, 3.8) is 0 Å². The minimum atomic E-state index is 0.344. The van der Waals surface area contributed by atoms with Crippen molar-refractivity contribution >= 4 is 0 Å². The van der Waals surface area contributed by atoms with Crippen LogP contribution in [-0.2, 0) is 4.74 Å². The van der Waals surface area contributed by atoms with Crippen molar-refractivity contribution in [2.24, 2.45) is 0 Å². The van der Waals surface area contributed by atoms with E-state index in [4.69, 9.17) is 9.84 Å². The largest absolute Gasteiger partial charge is 0.396 e. The van der Waals surface area contributed by atoms with Gasteiger partial charge in [0.15, 0.2) is 0 Å². The van der Waals surface area contributed by atoms with Gasteiger partial charge in [-0.3, -0.25) is 4.90 Å². The van der Waals surface area contributed by atoms with E-state index in [0.717, 1.165) is 45.2 Å². The standard InChI is InChI=1S/C13H26N2O2/c16-9-3-1-2-5-14-6-4-13(12-14)15-7-10-17-11-8-15/h13,16H,1-12H2.